The summed E-state index contributed by atoms with van der Waals surface area (Å²) in [5, 5.41) is 13.1. The van der Waals surface area contributed by atoms with Crippen molar-refractivity contribution in [3.63, 3.8) is 0 Å². The minimum absolute atomic E-state index is 0.137. The molecule has 29 heavy (non-hydrogen) atoms. The molecule has 0 radical (unpaired) electrons. The molecule has 0 aliphatic heterocycles. The van der Waals surface area contributed by atoms with Crippen molar-refractivity contribution in [3.05, 3.63) is 63.4 Å². The fraction of sp³-hybridized carbons (Fsp3) is 0.211. The highest BCUT2D eigenvalue weighted by atomic mass is 35.5. The number of carbonyl (C=O) groups excluding carboxylic acids is 1. The third-order valence-electron chi connectivity index (χ3n) is 3.85. The Labute approximate surface area is 187 Å². The standard InChI is InChI=1S/C19H17Cl3N4O2S/c1-2-26-16(10-28-13-8-6-12(20)7-9-13)24-25-19(26)29-11-17(27)23-18-14(21)4-3-5-15(18)22/h3-9H,2,10-11H2,1H3,(H,23,27). The second kappa shape index (κ2) is 10.2. The number of thioether (sulfide) groups is 1. The number of benzene rings is 2. The molecule has 0 aliphatic carbocycles. The van der Waals surface area contributed by atoms with E-state index in [1.165, 1.54) is 11.8 Å². The SMILES string of the molecule is CCn1c(COc2ccc(Cl)cc2)nnc1SCC(=O)Nc1c(Cl)cccc1Cl. The Hall–Kier alpha value is -1.93. The molecular weight excluding hydrogens is 455 g/mol. The van der Waals surface area contributed by atoms with E-state index < -0.39 is 0 Å². The number of para-hydroxylation sites is 1. The van der Waals surface area contributed by atoms with Crippen molar-refractivity contribution >= 4 is 58.2 Å². The van der Waals surface area contributed by atoms with Gasteiger partial charge in [0.05, 0.1) is 21.5 Å². The van der Waals surface area contributed by atoms with Crippen LogP contribution in [0.5, 0.6) is 5.75 Å². The van der Waals surface area contributed by atoms with Gasteiger partial charge in [-0.3, -0.25) is 4.79 Å². The van der Waals surface area contributed by atoms with Crippen LogP contribution >= 0.6 is 46.6 Å². The molecule has 1 aromatic heterocycles. The molecule has 2 aromatic carbocycles. The first kappa shape index (κ1) is 21.8. The summed E-state index contributed by atoms with van der Waals surface area (Å²) in [5.41, 5.74) is 0.399. The lowest BCUT2D eigenvalue weighted by molar-refractivity contribution is -0.113. The van der Waals surface area contributed by atoms with E-state index >= 15 is 0 Å². The number of rotatable bonds is 8. The summed E-state index contributed by atoms with van der Waals surface area (Å²) >= 11 is 19.3. The van der Waals surface area contributed by atoms with E-state index in [0.29, 0.717) is 44.0 Å². The Morgan fingerprint density at radius 1 is 1.10 bits per heavy atom. The molecule has 0 saturated carbocycles. The van der Waals surface area contributed by atoms with Crippen molar-refractivity contribution in [2.24, 2.45) is 0 Å². The molecule has 1 heterocycles. The minimum Gasteiger partial charge on any atom is -0.486 e. The predicted octanol–water partition coefficient (Wildman–Crippen LogP) is 5.57. The van der Waals surface area contributed by atoms with E-state index in [1.54, 1.807) is 42.5 Å². The maximum absolute atomic E-state index is 12.3. The van der Waals surface area contributed by atoms with Gasteiger partial charge >= 0.3 is 0 Å². The second-order valence-corrected chi connectivity index (χ2v) is 8.01. The number of ether oxygens (including phenoxy) is 1. The quantitative estimate of drug-likeness (QED) is 0.435. The smallest absolute Gasteiger partial charge is 0.234 e. The molecule has 0 atom stereocenters. The third-order valence-corrected chi connectivity index (χ3v) is 5.70. The maximum atomic E-state index is 12.3. The molecule has 0 fully saturated rings. The van der Waals surface area contributed by atoms with Crippen molar-refractivity contribution in [1.82, 2.24) is 14.8 Å². The molecule has 0 spiro atoms. The van der Waals surface area contributed by atoms with Gasteiger partial charge in [-0.05, 0) is 43.3 Å². The van der Waals surface area contributed by atoms with Gasteiger partial charge in [0.25, 0.3) is 0 Å². The first-order valence-electron chi connectivity index (χ1n) is 8.65. The van der Waals surface area contributed by atoms with E-state index in [1.807, 2.05) is 11.5 Å². The Balaban J connectivity index is 1.59. The van der Waals surface area contributed by atoms with Gasteiger partial charge in [0, 0.05) is 11.6 Å². The van der Waals surface area contributed by atoms with Gasteiger partial charge in [0.15, 0.2) is 11.0 Å². The van der Waals surface area contributed by atoms with Crippen molar-refractivity contribution in [1.29, 1.82) is 0 Å². The summed E-state index contributed by atoms with van der Waals surface area (Å²) in [7, 11) is 0. The summed E-state index contributed by atoms with van der Waals surface area (Å²) < 4.78 is 7.63. The van der Waals surface area contributed by atoms with Crippen LogP contribution in [0.3, 0.4) is 0 Å². The first-order chi connectivity index (χ1) is 14.0. The highest BCUT2D eigenvalue weighted by Gasteiger charge is 2.15. The van der Waals surface area contributed by atoms with Crippen LogP contribution in [0, 0.1) is 0 Å². The molecule has 3 rings (SSSR count). The van der Waals surface area contributed by atoms with Gasteiger partial charge in [-0.2, -0.15) is 0 Å². The Morgan fingerprint density at radius 2 is 1.79 bits per heavy atom. The number of carbonyl (C=O) groups is 1. The molecule has 152 valence electrons. The largest absolute Gasteiger partial charge is 0.486 e. The van der Waals surface area contributed by atoms with Gasteiger partial charge < -0.3 is 14.6 Å². The van der Waals surface area contributed by atoms with Crippen molar-refractivity contribution in [2.45, 2.75) is 25.2 Å². The molecule has 0 aliphatic rings. The Morgan fingerprint density at radius 3 is 2.45 bits per heavy atom. The summed E-state index contributed by atoms with van der Waals surface area (Å²) in [6.45, 7) is 2.87. The minimum atomic E-state index is -0.241. The summed E-state index contributed by atoms with van der Waals surface area (Å²) in [6, 6.07) is 12.1. The number of hydrogen-bond donors (Lipinski definition) is 1. The van der Waals surface area contributed by atoms with Gasteiger partial charge in [-0.25, -0.2) is 0 Å². The Kier molecular flexibility index (Phi) is 7.66. The Bertz CT molecular complexity index is 975. The number of amides is 1. The fourth-order valence-electron chi connectivity index (χ4n) is 2.45. The lowest BCUT2D eigenvalue weighted by Gasteiger charge is -2.10. The van der Waals surface area contributed by atoms with Crippen LogP contribution in [-0.2, 0) is 17.9 Å². The summed E-state index contributed by atoms with van der Waals surface area (Å²) in [4.78, 5) is 12.3. The molecule has 0 saturated heterocycles. The lowest BCUT2D eigenvalue weighted by Crippen LogP contribution is -2.15. The topological polar surface area (TPSA) is 69.0 Å². The molecule has 10 heteroatoms. The summed E-state index contributed by atoms with van der Waals surface area (Å²) in [5.74, 6) is 1.25. The average molecular weight is 472 g/mol. The van der Waals surface area contributed by atoms with Crippen LogP contribution in [0.15, 0.2) is 47.6 Å². The molecule has 0 bridgehead atoms. The molecule has 3 aromatic rings. The van der Waals surface area contributed by atoms with E-state index in [4.69, 9.17) is 39.5 Å². The molecule has 1 amide bonds. The van der Waals surface area contributed by atoms with Crippen LogP contribution in [0.1, 0.15) is 12.7 Å². The maximum Gasteiger partial charge on any atom is 0.234 e. The van der Waals surface area contributed by atoms with E-state index in [9.17, 15) is 4.79 Å². The number of nitrogens with zero attached hydrogens (tertiary/aromatic N) is 3. The van der Waals surface area contributed by atoms with Crippen LogP contribution in [0.2, 0.25) is 15.1 Å². The predicted molar refractivity (Wildman–Crippen MR) is 117 cm³/mol. The van der Waals surface area contributed by atoms with Crippen LogP contribution in [0.4, 0.5) is 5.69 Å². The van der Waals surface area contributed by atoms with Gasteiger partial charge in [0.1, 0.15) is 12.4 Å². The second-order valence-electron chi connectivity index (χ2n) is 5.82. The number of nitrogens with one attached hydrogen (secondary N) is 1. The molecular formula is C19H17Cl3N4O2S. The zero-order valence-electron chi connectivity index (χ0n) is 15.4. The van der Waals surface area contributed by atoms with E-state index in [0.717, 1.165) is 0 Å². The molecule has 6 nitrogen and oxygen atoms in total. The highest BCUT2D eigenvalue weighted by Crippen LogP contribution is 2.30. The van der Waals surface area contributed by atoms with Crippen molar-refractivity contribution in [2.75, 3.05) is 11.1 Å². The third kappa shape index (κ3) is 5.79. The van der Waals surface area contributed by atoms with Gasteiger partial charge in [-0.1, -0.05) is 52.6 Å². The number of hydrogen-bond acceptors (Lipinski definition) is 5. The number of halogens is 3. The van der Waals surface area contributed by atoms with Gasteiger partial charge in [0.2, 0.25) is 5.91 Å². The zero-order chi connectivity index (χ0) is 20.8. The van der Waals surface area contributed by atoms with E-state index in [-0.39, 0.29) is 18.3 Å². The normalized spacial score (nSPS) is 10.8. The van der Waals surface area contributed by atoms with Crippen LogP contribution < -0.4 is 10.1 Å². The average Bonchev–Trinajstić information content (AvgIpc) is 3.10. The van der Waals surface area contributed by atoms with Crippen molar-refractivity contribution in [3.8, 4) is 5.75 Å². The number of anilines is 1. The monoisotopic (exact) mass is 470 g/mol. The van der Waals surface area contributed by atoms with Crippen LogP contribution in [0.25, 0.3) is 0 Å². The summed E-state index contributed by atoms with van der Waals surface area (Å²) in [6.07, 6.45) is 0. The van der Waals surface area contributed by atoms with Crippen molar-refractivity contribution < 1.29 is 9.53 Å². The first-order valence-corrected chi connectivity index (χ1v) is 10.8. The van der Waals surface area contributed by atoms with Crippen LogP contribution in [-0.4, -0.2) is 26.4 Å². The molecule has 0 unspecified atom stereocenters. The molecule has 1 N–H and O–H groups in total. The lowest BCUT2D eigenvalue weighted by atomic mass is 10.3. The zero-order valence-corrected chi connectivity index (χ0v) is 18.4. The van der Waals surface area contributed by atoms with Gasteiger partial charge in [-0.15, -0.1) is 10.2 Å². The highest BCUT2D eigenvalue weighted by molar-refractivity contribution is 7.99. The number of aromatic nitrogens is 3. The van der Waals surface area contributed by atoms with E-state index in [2.05, 4.69) is 15.5 Å². The fourth-order valence-corrected chi connectivity index (χ4v) is 3.89.